The van der Waals surface area contributed by atoms with E-state index < -0.39 is 0 Å². The lowest BCUT2D eigenvalue weighted by Crippen LogP contribution is -2.18. The highest BCUT2D eigenvalue weighted by atomic mass is 35.5. The van der Waals surface area contributed by atoms with Crippen LogP contribution in [0.4, 0.5) is 5.69 Å². The van der Waals surface area contributed by atoms with Gasteiger partial charge >= 0.3 is 0 Å². The molecule has 0 saturated carbocycles. The molecule has 3 nitrogen and oxygen atoms in total. The van der Waals surface area contributed by atoms with E-state index >= 15 is 0 Å². The first kappa shape index (κ1) is 17.6. The molecule has 0 radical (unpaired) electrons. The van der Waals surface area contributed by atoms with E-state index in [1.807, 2.05) is 39.8 Å². The zero-order valence-electron chi connectivity index (χ0n) is 13.5. The van der Waals surface area contributed by atoms with Gasteiger partial charge in [-0.15, -0.1) is 0 Å². The molecule has 1 amide bonds. The maximum Gasteiger partial charge on any atom is 0.227 e. The highest BCUT2D eigenvalue weighted by Gasteiger charge is 2.14. The van der Waals surface area contributed by atoms with Crippen molar-refractivity contribution in [2.75, 3.05) is 5.32 Å². The fourth-order valence-electron chi connectivity index (χ4n) is 2.13. The maximum absolute atomic E-state index is 12.0. The number of nitrogens with one attached hydrogen (secondary N) is 1. The van der Waals surface area contributed by atoms with E-state index in [9.17, 15) is 4.79 Å². The molecule has 0 fully saturated rings. The molecule has 0 saturated heterocycles. The van der Waals surface area contributed by atoms with Gasteiger partial charge in [0.1, 0.15) is 5.75 Å². The van der Waals surface area contributed by atoms with Crippen molar-refractivity contribution < 1.29 is 9.53 Å². The molecule has 2 aromatic carbocycles. The second kappa shape index (κ2) is 7.24. The Morgan fingerprint density at radius 1 is 1.04 bits per heavy atom. The Morgan fingerprint density at radius 2 is 1.65 bits per heavy atom. The van der Waals surface area contributed by atoms with Crippen molar-refractivity contribution in [1.29, 1.82) is 0 Å². The second-order valence-electron chi connectivity index (χ2n) is 5.76. The largest absolute Gasteiger partial charge is 0.455 e. The average Bonchev–Trinajstić information content (AvgIpc) is 2.44. The molecule has 23 heavy (non-hydrogen) atoms. The standard InChI is InChI=1S/C18H19Cl2NO2/c1-10(2)18(22)21-15-9-13(19)5-6-16(15)23-17-11(3)7-14(20)8-12(17)4/h5-10H,1-4H3,(H,21,22). The quantitative estimate of drug-likeness (QED) is 0.733. The molecule has 0 unspecified atom stereocenters. The molecule has 0 atom stereocenters. The number of carbonyl (C=O) groups is 1. The summed E-state index contributed by atoms with van der Waals surface area (Å²) >= 11 is 12.1. The predicted octanol–water partition coefficient (Wildman–Crippen LogP) is 6.00. The number of ether oxygens (including phenoxy) is 1. The predicted molar refractivity (Wildman–Crippen MR) is 95.9 cm³/mol. The lowest BCUT2D eigenvalue weighted by Gasteiger charge is -2.17. The number of anilines is 1. The van der Waals surface area contributed by atoms with Gasteiger partial charge in [-0.25, -0.2) is 0 Å². The summed E-state index contributed by atoms with van der Waals surface area (Å²) in [5, 5.41) is 4.04. The van der Waals surface area contributed by atoms with Crippen LogP contribution in [0.2, 0.25) is 10.0 Å². The lowest BCUT2D eigenvalue weighted by molar-refractivity contribution is -0.118. The summed E-state index contributed by atoms with van der Waals surface area (Å²) in [6.45, 7) is 7.51. The monoisotopic (exact) mass is 351 g/mol. The van der Waals surface area contributed by atoms with Crippen molar-refractivity contribution >= 4 is 34.8 Å². The van der Waals surface area contributed by atoms with E-state index in [-0.39, 0.29) is 11.8 Å². The number of benzene rings is 2. The maximum atomic E-state index is 12.0. The third-order valence-corrected chi connectivity index (χ3v) is 3.81. The molecule has 0 spiro atoms. The molecule has 0 bridgehead atoms. The zero-order chi connectivity index (χ0) is 17.1. The fraction of sp³-hybridized carbons (Fsp3) is 0.278. The summed E-state index contributed by atoms with van der Waals surface area (Å²) in [5.74, 6) is 1.02. The first-order chi connectivity index (χ1) is 10.8. The van der Waals surface area contributed by atoms with Crippen LogP contribution in [0.25, 0.3) is 0 Å². The van der Waals surface area contributed by atoms with Crippen LogP contribution < -0.4 is 10.1 Å². The van der Waals surface area contributed by atoms with Gasteiger partial charge in [-0.2, -0.15) is 0 Å². The van der Waals surface area contributed by atoms with Crippen LogP contribution in [-0.2, 0) is 4.79 Å². The van der Waals surface area contributed by atoms with Crippen molar-refractivity contribution in [2.45, 2.75) is 27.7 Å². The van der Waals surface area contributed by atoms with E-state index in [1.165, 1.54) is 0 Å². The van der Waals surface area contributed by atoms with Crippen LogP contribution in [0.1, 0.15) is 25.0 Å². The number of hydrogen-bond donors (Lipinski definition) is 1. The molecule has 0 aliphatic carbocycles. The summed E-state index contributed by atoms with van der Waals surface area (Å²) in [5.41, 5.74) is 2.39. The van der Waals surface area contributed by atoms with Crippen molar-refractivity contribution in [3.8, 4) is 11.5 Å². The first-order valence-corrected chi connectivity index (χ1v) is 8.08. The van der Waals surface area contributed by atoms with Gasteiger partial charge in [0, 0.05) is 16.0 Å². The van der Waals surface area contributed by atoms with Crippen LogP contribution in [-0.4, -0.2) is 5.91 Å². The highest BCUT2D eigenvalue weighted by molar-refractivity contribution is 6.31. The zero-order valence-corrected chi connectivity index (χ0v) is 15.0. The molecular formula is C18H19Cl2NO2. The summed E-state index contributed by atoms with van der Waals surface area (Å²) in [6.07, 6.45) is 0. The molecule has 2 rings (SSSR count). The van der Waals surface area contributed by atoms with Gasteiger partial charge in [0.05, 0.1) is 5.69 Å². The third kappa shape index (κ3) is 4.40. The Bertz CT molecular complexity index is 719. The van der Waals surface area contributed by atoms with Crippen LogP contribution in [0, 0.1) is 19.8 Å². The Hall–Kier alpha value is -1.71. The summed E-state index contributed by atoms with van der Waals surface area (Å²) in [7, 11) is 0. The molecular weight excluding hydrogens is 333 g/mol. The van der Waals surface area contributed by atoms with Crippen molar-refractivity contribution in [1.82, 2.24) is 0 Å². The normalized spacial score (nSPS) is 10.7. The van der Waals surface area contributed by atoms with Crippen molar-refractivity contribution in [3.63, 3.8) is 0 Å². The molecule has 1 N–H and O–H groups in total. The number of rotatable bonds is 4. The van der Waals surface area contributed by atoms with Crippen LogP contribution in [0.3, 0.4) is 0 Å². The minimum atomic E-state index is -0.138. The Morgan fingerprint density at radius 3 is 2.22 bits per heavy atom. The summed E-state index contributed by atoms with van der Waals surface area (Å²) in [4.78, 5) is 12.0. The molecule has 5 heteroatoms. The first-order valence-electron chi connectivity index (χ1n) is 7.33. The summed E-state index contributed by atoms with van der Waals surface area (Å²) < 4.78 is 6.03. The number of aryl methyl sites for hydroxylation is 2. The number of halogens is 2. The molecule has 2 aromatic rings. The minimum Gasteiger partial charge on any atom is -0.455 e. The number of hydrogen-bond acceptors (Lipinski definition) is 2. The van der Waals surface area contributed by atoms with Gasteiger partial charge in [0.15, 0.2) is 5.75 Å². The number of amides is 1. The second-order valence-corrected chi connectivity index (χ2v) is 6.63. The fourth-order valence-corrected chi connectivity index (χ4v) is 2.63. The molecule has 0 aliphatic heterocycles. The van der Waals surface area contributed by atoms with Crippen LogP contribution >= 0.6 is 23.2 Å². The molecule has 0 aliphatic rings. The van der Waals surface area contributed by atoms with E-state index in [1.54, 1.807) is 18.2 Å². The third-order valence-electron chi connectivity index (χ3n) is 3.36. The Kier molecular flexibility index (Phi) is 5.55. The van der Waals surface area contributed by atoms with E-state index in [2.05, 4.69) is 5.32 Å². The topological polar surface area (TPSA) is 38.3 Å². The van der Waals surface area contributed by atoms with Gasteiger partial charge in [0.25, 0.3) is 0 Å². The summed E-state index contributed by atoms with van der Waals surface area (Å²) in [6, 6.07) is 8.82. The minimum absolute atomic E-state index is 0.0957. The van der Waals surface area contributed by atoms with E-state index in [0.29, 0.717) is 21.5 Å². The van der Waals surface area contributed by atoms with Gasteiger partial charge in [-0.3, -0.25) is 4.79 Å². The SMILES string of the molecule is Cc1cc(Cl)cc(C)c1Oc1ccc(Cl)cc1NC(=O)C(C)C. The average molecular weight is 352 g/mol. The van der Waals surface area contributed by atoms with Crippen molar-refractivity contribution in [3.05, 3.63) is 51.5 Å². The Balaban J connectivity index is 2.39. The van der Waals surface area contributed by atoms with Gasteiger partial charge in [0.2, 0.25) is 5.91 Å². The highest BCUT2D eigenvalue weighted by Crippen LogP contribution is 2.36. The van der Waals surface area contributed by atoms with Gasteiger partial charge < -0.3 is 10.1 Å². The number of carbonyl (C=O) groups excluding carboxylic acids is 1. The van der Waals surface area contributed by atoms with E-state index in [0.717, 1.165) is 16.9 Å². The van der Waals surface area contributed by atoms with Crippen LogP contribution in [0.5, 0.6) is 11.5 Å². The smallest absolute Gasteiger partial charge is 0.227 e. The van der Waals surface area contributed by atoms with Crippen LogP contribution in [0.15, 0.2) is 30.3 Å². The van der Waals surface area contributed by atoms with Crippen molar-refractivity contribution in [2.24, 2.45) is 5.92 Å². The van der Waals surface area contributed by atoms with Gasteiger partial charge in [-0.1, -0.05) is 37.0 Å². The molecule has 0 heterocycles. The molecule has 122 valence electrons. The Labute approximate surface area is 146 Å². The van der Waals surface area contributed by atoms with Gasteiger partial charge in [-0.05, 0) is 55.3 Å². The lowest BCUT2D eigenvalue weighted by atomic mass is 10.1. The molecule has 0 aromatic heterocycles. The van der Waals surface area contributed by atoms with E-state index in [4.69, 9.17) is 27.9 Å².